The Bertz CT molecular complexity index is 1230. The Morgan fingerprint density at radius 1 is 0.639 bits per heavy atom. The molecule has 0 heterocycles. The van der Waals surface area contributed by atoms with Gasteiger partial charge in [-0.25, -0.2) is 9.59 Å². The second-order valence-electron chi connectivity index (χ2n) is 7.25. The molecule has 0 spiro atoms. The molecule has 0 aliphatic heterocycles. The van der Waals surface area contributed by atoms with E-state index in [4.69, 9.17) is 32.7 Å². The average molecular weight is 529 g/mol. The first-order valence-corrected chi connectivity index (χ1v) is 11.7. The molecule has 3 aromatic carbocycles. The lowest BCUT2D eigenvalue weighted by Gasteiger charge is -2.15. The summed E-state index contributed by atoms with van der Waals surface area (Å²) in [6, 6.07) is 15.1. The van der Waals surface area contributed by atoms with Gasteiger partial charge in [0.2, 0.25) is 0 Å². The molecule has 2 amide bonds. The van der Waals surface area contributed by atoms with E-state index < -0.39 is 23.8 Å². The van der Waals surface area contributed by atoms with Crippen LogP contribution in [-0.4, -0.2) is 37.0 Å². The van der Waals surface area contributed by atoms with Crippen LogP contribution in [0.25, 0.3) is 0 Å². The van der Waals surface area contributed by atoms with Crippen molar-refractivity contribution < 1.29 is 28.7 Å². The van der Waals surface area contributed by atoms with Crippen LogP contribution >= 0.6 is 23.2 Å². The fraction of sp³-hybridized carbons (Fsp3) is 0.154. The highest BCUT2D eigenvalue weighted by atomic mass is 35.5. The SMILES string of the molecule is CCOC(=O)c1ccccc1NC(=O)c1cc(Cl)c(Cl)cc1C(=O)Nc1ccccc1C(=O)OCC. The molecule has 2 N–H and O–H groups in total. The first-order valence-electron chi connectivity index (χ1n) is 10.9. The van der Waals surface area contributed by atoms with Gasteiger partial charge < -0.3 is 20.1 Å². The Labute approximate surface area is 217 Å². The first-order chi connectivity index (χ1) is 17.3. The predicted octanol–water partition coefficient (Wildman–Crippen LogP) is 5.85. The van der Waals surface area contributed by atoms with Gasteiger partial charge in [0, 0.05) is 0 Å². The number of rotatable bonds is 8. The van der Waals surface area contributed by atoms with E-state index in [1.54, 1.807) is 38.1 Å². The van der Waals surface area contributed by atoms with E-state index in [1.807, 2.05) is 0 Å². The number of halogens is 2. The molecule has 3 aromatic rings. The number of esters is 2. The minimum absolute atomic E-state index is 0.0453. The molecule has 0 aliphatic carbocycles. The zero-order chi connectivity index (χ0) is 26.2. The number of benzene rings is 3. The van der Waals surface area contributed by atoms with Crippen molar-refractivity contribution in [1.29, 1.82) is 0 Å². The van der Waals surface area contributed by atoms with Gasteiger partial charge in [0.1, 0.15) is 0 Å². The van der Waals surface area contributed by atoms with Crippen molar-refractivity contribution in [2.24, 2.45) is 0 Å². The fourth-order valence-corrected chi connectivity index (χ4v) is 3.59. The van der Waals surface area contributed by atoms with Gasteiger partial charge in [0.15, 0.2) is 0 Å². The maximum absolute atomic E-state index is 13.2. The van der Waals surface area contributed by atoms with Gasteiger partial charge >= 0.3 is 11.9 Å². The summed E-state index contributed by atoms with van der Waals surface area (Å²) in [5, 5.41) is 5.34. The second kappa shape index (κ2) is 12.2. The molecule has 0 bridgehead atoms. The zero-order valence-corrected chi connectivity index (χ0v) is 20.9. The summed E-state index contributed by atoms with van der Waals surface area (Å²) in [5.41, 5.74) is 0.449. The maximum atomic E-state index is 13.2. The van der Waals surface area contributed by atoms with E-state index >= 15 is 0 Å². The zero-order valence-electron chi connectivity index (χ0n) is 19.4. The summed E-state index contributed by atoms with van der Waals surface area (Å²) < 4.78 is 10.1. The summed E-state index contributed by atoms with van der Waals surface area (Å²) in [4.78, 5) is 51.0. The van der Waals surface area contributed by atoms with Crippen molar-refractivity contribution in [3.63, 3.8) is 0 Å². The van der Waals surface area contributed by atoms with Gasteiger partial charge in [-0.05, 0) is 50.2 Å². The third-order valence-electron chi connectivity index (χ3n) is 4.89. The van der Waals surface area contributed by atoms with Crippen molar-refractivity contribution >= 4 is 58.3 Å². The fourth-order valence-electron chi connectivity index (χ4n) is 3.26. The van der Waals surface area contributed by atoms with Gasteiger partial charge in [-0.3, -0.25) is 9.59 Å². The molecule has 8 nitrogen and oxygen atoms in total. The lowest BCUT2D eigenvalue weighted by molar-refractivity contribution is 0.0517. The van der Waals surface area contributed by atoms with Crippen LogP contribution in [0.5, 0.6) is 0 Å². The summed E-state index contributed by atoms with van der Waals surface area (Å²) >= 11 is 12.3. The molecule has 3 rings (SSSR count). The monoisotopic (exact) mass is 528 g/mol. The minimum atomic E-state index is -0.714. The van der Waals surface area contributed by atoms with E-state index in [9.17, 15) is 19.2 Å². The van der Waals surface area contributed by atoms with Crippen molar-refractivity contribution in [1.82, 2.24) is 0 Å². The van der Waals surface area contributed by atoms with Crippen molar-refractivity contribution in [2.75, 3.05) is 23.8 Å². The molecular weight excluding hydrogens is 507 g/mol. The van der Waals surface area contributed by atoms with Crippen LogP contribution < -0.4 is 10.6 Å². The molecule has 186 valence electrons. The van der Waals surface area contributed by atoms with Crippen LogP contribution in [-0.2, 0) is 9.47 Å². The number of hydrogen-bond donors (Lipinski definition) is 2. The Hall–Kier alpha value is -3.88. The normalized spacial score (nSPS) is 10.3. The maximum Gasteiger partial charge on any atom is 0.340 e. The van der Waals surface area contributed by atoms with E-state index in [2.05, 4.69) is 10.6 Å². The molecule has 0 aromatic heterocycles. The predicted molar refractivity (Wildman–Crippen MR) is 137 cm³/mol. The second-order valence-corrected chi connectivity index (χ2v) is 8.07. The van der Waals surface area contributed by atoms with Gasteiger partial charge in [-0.15, -0.1) is 0 Å². The highest BCUT2D eigenvalue weighted by molar-refractivity contribution is 6.42. The molecule has 36 heavy (non-hydrogen) atoms. The van der Waals surface area contributed by atoms with Crippen LogP contribution in [0.4, 0.5) is 11.4 Å². The number of ether oxygens (including phenoxy) is 2. The average Bonchev–Trinajstić information content (AvgIpc) is 2.86. The number of carbonyl (C=O) groups excluding carboxylic acids is 4. The Morgan fingerprint density at radius 3 is 1.36 bits per heavy atom. The molecule has 0 atom stereocenters. The number of hydrogen-bond acceptors (Lipinski definition) is 6. The lowest BCUT2D eigenvalue weighted by Crippen LogP contribution is -2.22. The van der Waals surface area contributed by atoms with Gasteiger partial charge in [-0.2, -0.15) is 0 Å². The van der Waals surface area contributed by atoms with E-state index in [-0.39, 0.29) is 56.9 Å². The van der Waals surface area contributed by atoms with E-state index in [1.165, 1.54) is 36.4 Å². The summed E-state index contributed by atoms with van der Waals surface area (Å²) in [6.07, 6.45) is 0. The minimum Gasteiger partial charge on any atom is -0.462 e. The van der Waals surface area contributed by atoms with Crippen LogP contribution in [0.1, 0.15) is 55.3 Å². The van der Waals surface area contributed by atoms with E-state index in [0.717, 1.165) is 0 Å². The van der Waals surface area contributed by atoms with Crippen molar-refractivity contribution in [2.45, 2.75) is 13.8 Å². The molecule has 10 heteroatoms. The van der Waals surface area contributed by atoms with Crippen LogP contribution in [0.15, 0.2) is 60.7 Å². The first kappa shape index (κ1) is 26.7. The highest BCUT2D eigenvalue weighted by Gasteiger charge is 2.23. The number of anilines is 2. The molecule has 0 aliphatic rings. The van der Waals surface area contributed by atoms with Crippen molar-refractivity contribution in [3.05, 3.63) is 93.0 Å². The number of amides is 2. The number of para-hydroxylation sites is 2. The molecule has 0 fully saturated rings. The quantitative estimate of drug-likeness (QED) is 0.354. The number of carbonyl (C=O) groups is 4. The third kappa shape index (κ3) is 6.21. The van der Waals surface area contributed by atoms with Gasteiger partial charge in [-0.1, -0.05) is 47.5 Å². The highest BCUT2D eigenvalue weighted by Crippen LogP contribution is 2.28. The van der Waals surface area contributed by atoms with Crippen LogP contribution in [0.2, 0.25) is 10.0 Å². The summed E-state index contributed by atoms with van der Waals surface area (Å²) in [6.45, 7) is 3.65. The molecule has 0 radical (unpaired) electrons. The Balaban J connectivity index is 1.96. The van der Waals surface area contributed by atoms with Crippen molar-refractivity contribution in [3.8, 4) is 0 Å². The number of nitrogens with one attached hydrogen (secondary N) is 2. The third-order valence-corrected chi connectivity index (χ3v) is 5.61. The molecule has 0 saturated carbocycles. The Kier molecular flexibility index (Phi) is 9.05. The Morgan fingerprint density at radius 2 is 1.00 bits per heavy atom. The van der Waals surface area contributed by atoms with E-state index in [0.29, 0.717) is 0 Å². The summed E-state index contributed by atoms with van der Waals surface area (Å²) in [7, 11) is 0. The molecular formula is C26H22Cl2N2O6. The van der Waals surface area contributed by atoms with Gasteiger partial charge in [0.25, 0.3) is 11.8 Å². The largest absolute Gasteiger partial charge is 0.462 e. The lowest BCUT2D eigenvalue weighted by atomic mass is 10.0. The smallest absolute Gasteiger partial charge is 0.340 e. The molecule has 0 saturated heterocycles. The topological polar surface area (TPSA) is 111 Å². The van der Waals surface area contributed by atoms with Gasteiger partial charge in [0.05, 0.1) is 56.9 Å². The van der Waals surface area contributed by atoms with Crippen LogP contribution in [0, 0.1) is 0 Å². The van der Waals surface area contributed by atoms with Crippen LogP contribution in [0.3, 0.4) is 0 Å². The summed E-state index contributed by atoms with van der Waals surface area (Å²) in [5.74, 6) is -2.66. The molecule has 0 unspecified atom stereocenters. The standard InChI is InChI=1S/C26H22Cl2N2O6/c1-3-35-25(33)15-9-5-7-11-21(15)29-23(31)17-13-19(27)20(28)14-18(17)24(32)30-22-12-8-6-10-16(22)26(34)36-4-2/h5-14H,3-4H2,1-2H3,(H,29,31)(H,30,32).